The van der Waals surface area contributed by atoms with E-state index in [1.165, 1.54) is 17.0 Å². The number of carbonyl (C=O) groups is 2. The van der Waals surface area contributed by atoms with Gasteiger partial charge in [0.2, 0.25) is 0 Å². The van der Waals surface area contributed by atoms with Gasteiger partial charge in [-0.25, -0.2) is 9.18 Å². The van der Waals surface area contributed by atoms with Crippen LogP contribution in [0.4, 0.5) is 9.18 Å². The predicted octanol–water partition coefficient (Wildman–Crippen LogP) is 2.42. The van der Waals surface area contributed by atoms with Crippen LogP contribution in [0.2, 0.25) is 0 Å². The number of hydrogen-bond acceptors (Lipinski definition) is 3. The minimum absolute atomic E-state index is 0.0651. The molecule has 0 unspecified atom stereocenters. The Hall–Kier alpha value is -1.76. The monoisotopic (exact) mass is 314 g/mol. The SMILES string of the molecule is CN(CCC(=O)O)C(=O)NCCCSc1ccc(F)cc1. The molecule has 2 N–H and O–H groups in total. The molecule has 2 amide bonds. The van der Waals surface area contributed by atoms with Crippen molar-refractivity contribution < 1.29 is 19.1 Å². The van der Waals surface area contributed by atoms with Crippen molar-refractivity contribution in [2.24, 2.45) is 0 Å². The molecule has 0 aromatic heterocycles. The van der Waals surface area contributed by atoms with Gasteiger partial charge < -0.3 is 15.3 Å². The Bertz CT molecular complexity index is 468. The van der Waals surface area contributed by atoms with E-state index in [0.717, 1.165) is 17.1 Å². The number of nitrogens with zero attached hydrogens (tertiary/aromatic N) is 1. The van der Waals surface area contributed by atoms with Crippen molar-refractivity contribution in [1.82, 2.24) is 10.2 Å². The lowest BCUT2D eigenvalue weighted by Crippen LogP contribution is -2.38. The Morgan fingerprint density at radius 2 is 2.00 bits per heavy atom. The third-order valence-electron chi connectivity index (χ3n) is 2.69. The smallest absolute Gasteiger partial charge is 0.317 e. The van der Waals surface area contributed by atoms with E-state index in [1.807, 2.05) is 0 Å². The molecule has 7 heteroatoms. The van der Waals surface area contributed by atoms with Crippen LogP contribution in [0.1, 0.15) is 12.8 Å². The fraction of sp³-hybridized carbons (Fsp3) is 0.429. The maximum absolute atomic E-state index is 12.7. The lowest BCUT2D eigenvalue weighted by molar-refractivity contribution is -0.137. The van der Waals surface area contributed by atoms with Gasteiger partial charge in [0.25, 0.3) is 0 Å². The number of benzene rings is 1. The van der Waals surface area contributed by atoms with Crippen molar-refractivity contribution >= 4 is 23.8 Å². The molecule has 0 bridgehead atoms. The first-order chi connectivity index (χ1) is 9.99. The second-order valence-electron chi connectivity index (χ2n) is 4.45. The molecule has 5 nitrogen and oxygen atoms in total. The van der Waals surface area contributed by atoms with E-state index in [0.29, 0.717) is 6.54 Å². The van der Waals surface area contributed by atoms with Gasteiger partial charge in [0, 0.05) is 25.0 Å². The van der Waals surface area contributed by atoms with Crippen LogP contribution in [0, 0.1) is 5.82 Å². The minimum Gasteiger partial charge on any atom is -0.481 e. The number of carbonyl (C=O) groups excluding carboxylic acids is 1. The molecule has 21 heavy (non-hydrogen) atoms. The second-order valence-corrected chi connectivity index (χ2v) is 5.62. The molecule has 0 radical (unpaired) electrons. The Morgan fingerprint density at radius 1 is 1.33 bits per heavy atom. The summed E-state index contributed by atoms with van der Waals surface area (Å²) in [6, 6.07) is 6.00. The van der Waals surface area contributed by atoms with Gasteiger partial charge in [-0.2, -0.15) is 0 Å². The minimum atomic E-state index is -0.926. The first-order valence-electron chi connectivity index (χ1n) is 6.58. The Balaban J connectivity index is 2.11. The van der Waals surface area contributed by atoms with Crippen LogP contribution in [-0.2, 0) is 4.79 Å². The van der Waals surface area contributed by atoms with Crippen molar-refractivity contribution in [3.8, 4) is 0 Å². The summed E-state index contributed by atoms with van der Waals surface area (Å²) in [5.41, 5.74) is 0. The predicted molar refractivity (Wildman–Crippen MR) is 80.0 cm³/mol. The summed E-state index contributed by atoms with van der Waals surface area (Å²) in [4.78, 5) is 24.3. The highest BCUT2D eigenvalue weighted by Gasteiger charge is 2.08. The summed E-state index contributed by atoms with van der Waals surface area (Å²) < 4.78 is 12.7. The van der Waals surface area contributed by atoms with Gasteiger partial charge in [0.05, 0.1) is 6.42 Å². The topological polar surface area (TPSA) is 69.6 Å². The molecule has 0 aliphatic heterocycles. The van der Waals surface area contributed by atoms with Crippen LogP contribution in [0.25, 0.3) is 0 Å². The number of urea groups is 1. The highest BCUT2D eigenvalue weighted by atomic mass is 32.2. The summed E-state index contributed by atoms with van der Waals surface area (Å²) in [5, 5.41) is 11.3. The van der Waals surface area contributed by atoms with Crippen molar-refractivity contribution in [2.75, 3.05) is 25.9 Å². The number of carboxylic acid groups (broad SMARTS) is 1. The number of rotatable bonds is 8. The lowest BCUT2D eigenvalue weighted by Gasteiger charge is -2.16. The largest absolute Gasteiger partial charge is 0.481 e. The fourth-order valence-electron chi connectivity index (χ4n) is 1.49. The molecule has 0 atom stereocenters. The van der Waals surface area contributed by atoms with Crippen molar-refractivity contribution in [1.29, 1.82) is 0 Å². The first kappa shape index (κ1) is 17.3. The van der Waals surface area contributed by atoms with E-state index in [-0.39, 0.29) is 24.8 Å². The molecule has 0 saturated carbocycles. The van der Waals surface area contributed by atoms with Crippen LogP contribution in [0.15, 0.2) is 29.2 Å². The molecule has 0 saturated heterocycles. The number of halogens is 1. The number of nitrogens with one attached hydrogen (secondary N) is 1. The number of thioether (sulfide) groups is 1. The van der Waals surface area contributed by atoms with Gasteiger partial charge in [-0.3, -0.25) is 4.79 Å². The van der Waals surface area contributed by atoms with Gasteiger partial charge in [0.1, 0.15) is 5.82 Å². The number of carboxylic acids is 1. The van der Waals surface area contributed by atoms with Gasteiger partial charge in [-0.05, 0) is 36.4 Å². The molecule has 0 fully saturated rings. The summed E-state index contributed by atoms with van der Waals surface area (Å²) in [5.74, 6) is -0.369. The average Bonchev–Trinajstić information content (AvgIpc) is 2.46. The quantitative estimate of drug-likeness (QED) is 0.571. The summed E-state index contributed by atoms with van der Waals surface area (Å²) in [6.45, 7) is 0.704. The standard InChI is InChI=1S/C14H19FN2O3S/c1-17(9-7-13(18)19)14(20)16-8-2-10-21-12-5-3-11(15)4-6-12/h3-6H,2,7-10H2,1H3,(H,16,20)(H,18,19). The van der Waals surface area contributed by atoms with E-state index >= 15 is 0 Å². The molecular formula is C14H19FN2O3S. The average molecular weight is 314 g/mol. The lowest BCUT2D eigenvalue weighted by atomic mass is 10.4. The Morgan fingerprint density at radius 3 is 2.62 bits per heavy atom. The summed E-state index contributed by atoms with van der Waals surface area (Å²) >= 11 is 1.59. The number of hydrogen-bond donors (Lipinski definition) is 2. The zero-order chi connectivity index (χ0) is 15.7. The third-order valence-corrected chi connectivity index (χ3v) is 3.79. The van der Waals surface area contributed by atoms with Crippen LogP contribution in [-0.4, -0.2) is 47.9 Å². The van der Waals surface area contributed by atoms with Crippen molar-refractivity contribution in [3.05, 3.63) is 30.1 Å². The first-order valence-corrected chi connectivity index (χ1v) is 7.56. The van der Waals surface area contributed by atoms with Crippen LogP contribution in [0.5, 0.6) is 0 Å². The maximum atomic E-state index is 12.7. The van der Waals surface area contributed by atoms with Crippen LogP contribution >= 0.6 is 11.8 Å². The van der Waals surface area contributed by atoms with Crippen LogP contribution < -0.4 is 5.32 Å². The molecule has 1 aromatic carbocycles. The van der Waals surface area contributed by atoms with E-state index < -0.39 is 5.97 Å². The normalized spacial score (nSPS) is 10.2. The van der Waals surface area contributed by atoms with Gasteiger partial charge in [-0.1, -0.05) is 0 Å². The second kappa shape index (κ2) is 9.23. The molecule has 1 rings (SSSR count). The van der Waals surface area contributed by atoms with Crippen molar-refractivity contribution in [2.45, 2.75) is 17.7 Å². The van der Waals surface area contributed by atoms with E-state index in [4.69, 9.17) is 5.11 Å². The van der Waals surface area contributed by atoms with Gasteiger partial charge in [0.15, 0.2) is 0 Å². The Labute approximate surface area is 127 Å². The third kappa shape index (κ3) is 7.55. The molecule has 116 valence electrons. The zero-order valence-electron chi connectivity index (χ0n) is 11.8. The highest BCUT2D eigenvalue weighted by Crippen LogP contribution is 2.18. The van der Waals surface area contributed by atoms with Gasteiger partial charge in [-0.15, -0.1) is 11.8 Å². The fourth-order valence-corrected chi connectivity index (χ4v) is 2.34. The molecule has 0 aliphatic rings. The van der Waals surface area contributed by atoms with E-state index in [9.17, 15) is 14.0 Å². The summed E-state index contributed by atoms with van der Waals surface area (Å²) in [6.07, 6.45) is 0.713. The Kier molecular flexibility index (Phi) is 7.60. The maximum Gasteiger partial charge on any atom is 0.317 e. The molecule has 0 spiro atoms. The van der Waals surface area contributed by atoms with Crippen molar-refractivity contribution in [3.63, 3.8) is 0 Å². The molecule has 0 heterocycles. The zero-order valence-corrected chi connectivity index (χ0v) is 12.7. The molecular weight excluding hydrogens is 295 g/mol. The van der Waals surface area contributed by atoms with E-state index in [2.05, 4.69) is 5.32 Å². The number of amides is 2. The molecule has 0 aliphatic carbocycles. The highest BCUT2D eigenvalue weighted by molar-refractivity contribution is 7.99. The van der Waals surface area contributed by atoms with Crippen LogP contribution in [0.3, 0.4) is 0 Å². The number of aliphatic carboxylic acids is 1. The molecule has 1 aromatic rings. The summed E-state index contributed by atoms with van der Waals surface area (Å²) in [7, 11) is 1.56. The van der Waals surface area contributed by atoms with E-state index in [1.54, 1.807) is 30.9 Å². The van der Waals surface area contributed by atoms with Gasteiger partial charge >= 0.3 is 12.0 Å².